The van der Waals surface area contributed by atoms with Crippen LogP contribution in [0.5, 0.6) is 11.5 Å². The second-order valence-corrected chi connectivity index (χ2v) is 6.79. The summed E-state index contributed by atoms with van der Waals surface area (Å²) in [6.07, 6.45) is 0. The monoisotopic (exact) mass is 327 g/mol. The van der Waals surface area contributed by atoms with E-state index in [0.29, 0.717) is 11.4 Å². The number of amides is 1. The van der Waals surface area contributed by atoms with E-state index in [1.807, 2.05) is 31.2 Å². The van der Waals surface area contributed by atoms with Crippen molar-refractivity contribution in [3.8, 4) is 11.5 Å². The maximum atomic E-state index is 12.2. The van der Waals surface area contributed by atoms with Crippen LogP contribution in [0.4, 0.5) is 5.69 Å². The maximum Gasteiger partial charge on any atom is 0.262 e. The molecule has 0 fully saturated rings. The van der Waals surface area contributed by atoms with Gasteiger partial charge in [0.15, 0.2) is 6.61 Å². The summed E-state index contributed by atoms with van der Waals surface area (Å²) in [4.78, 5) is 12.2. The molecule has 0 aromatic heterocycles. The van der Waals surface area contributed by atoms with Crippen molar-refractivity contribution in [2.75, 3.05) is 19.0 Å². The van der Waals surface area contributed by atoms with Crippen LogP contribution in [0.3, 0.4) is 0 Å². The highest BCUT2D eigenvalue weighted by Crippen LogP contribution is 2.32. The third-order valence-electron chi connectivity index (χ3n) is 3.68. The zero-order chi connectivity index (χ0) is 17.7. The molecule has 0 spiro atoms. The highest BCUT2D eigenvalue weighted by Gasteiger charge is 2.19. The molecule has 0 saturated heterocycles. The molecule has 0 radical (unpaired) electrons. The quantitative estimate of drug-likeness (QED) is 0.890. The SMILES string of the molecule is COc1ccccc1NC(=O)COc1ccc(C)cc1C(C)(C)C. The summed E-state index contributed by atoms with van der Waals surface area (Å²) in [5, 5.41) is 2.81. The standard InChI is InChI=1S/C20H25NO3/c1-14-10-11-17(15(12-14)20(2,3)4)24-13-19(22)21-16-8-6-7-9-18(16)23-5/h6-12H,13H2,1-5H3,(H,21,22). The van der Waals surface area contributed by atoms with Gasteiger partial charge in [-0.1, -0.05) is 50.6 Å². The Morgan fingerprint density at radius 1 is 1.08 bits per heavy atom. The highest BCUT2D eigenvalue weighted by molar-refractivity contribution is 5.93. The molecule has 1 N–H and O–H groups in total. The largest absolute Gasteiger partial charge is 0.495 e. The molecular formula is C20H25NO3. The predicted octanol–water partition coefficient (Wildman–Crippen LogP) is 4.32. The van der Waals surface area contributed by atoms with Gasteiger partial charge in [-0.05, 0) is 36.1 Å². The number of hydrogen-bond donors (Lipinski definition) is 1. The number of methoxy groups -OCH3 is 1. The van der Waals surface area contributed by atoms with Crippen molar-refractivity contribution in [3.63, 3.8) is 0 Å². The average Bonchev–Trinajstić information content (AvgIpc) is 2.53. The topological polar surface area (TPSA) is 47.6 Å². The molecule has 2 aromatic carbocycles. The lowest BCUT2D eigenvalue weighted by Gasteiger charge is -2.23. The fourth-order valence-corrected chi connectivity index (χ4v) is 2.43. The van der Waals surface area contributed by atoms with E-state index in [1.54, 1.807) is 19.2 Å². The van der Waals surface area contributed by atoms with Crippen LogP contribution in [-0.4, -0.2) is 19.6 Å². The maximum absolute atomic E-state index is 12.2. The van der Waals surface area contributed by atoms with Crippen molar-refractivity contribution in [1.29, 1.82) is 0 Å². The van der Waals surface area contributed by atoms with Crippen LogP contribution >= 0.6 is 0 Å². The fourth-order valence-electron chi connectivity index (χ4n) is 2.43. The molecule has 0 aliphatic rings. The van der Waals surface area contributed by atoms with Gasteiger partial charge in [-0.3, -0.25) is 4.79 Å². The average molecular weight is 327 g/mol. The molecule has 4 nitrogen and oxygen atoms in total. The van der Waals surface area contributed by atoms with Crippen LogP contribution < -0.4 is 14.8 Å². The molecular weight excluding hydrogens is 302 g/mol. The first kappa shape index (κ1) is 17.9. The first-order valence-corrected chi connectivity index (χ1v) is 7.98. The Balaban J connectivity index is 2.07. The first-order valence-electron chi connectivity index (χ1n) is 7.98. The number of carbonyl (C=O) groups excluding carboxylic acids is 1. The Morgan fingerprint density at radius 3 is 2.46 bits per heavy atom. The van der Waals surface area contributed by atoms with E-state index in [0.717, 1.165) is 11.3 Å². The molecule has 0 unspecified atom stereocenters. The lowest BCUT2D eigenvalue weighted by atomic mass is 9.85. The van der Waals surface area contributed by atoms with Gasteiger partial charge >= 0.3 is 0 Å². The lowest BCUT2D eigenvalue weighted by molar-refractivity contribution is -0.118. The van der Waals surface area contributed by atoms with Gasteiger partial charge in [-0.2, -0.15) is 0 Å². The minimum atomic E-state index is -0.222. The van der Waals surface area contributed by atoms with Crippen molar-refractivity contribution in [1.82, 2.24) is 0 Å². The number of benzene rings is 2. The van der Waals surface area contributed by atoms with Crippen LogP contribution in [0.2, 0.25) is 0 Å². The first-order chi connectivity index (χ1) is 11.3. The Labute approximate surface area is 143 Å². The van der Waals surface area contributed by atoms with E-state index in [1.165, 1.54) is 5.56 Å². The van der Waals surface area contributed by atoms with E-state index in [2.05, 4.69) is 32.2 Å². The summed E-state index contributed by atoms with van der Waals surface area (Å²) in [7, 11) is 1.57. The van der Waals surface area contributed by atoms with Crippen molar-refractivity contribution in [3.05, 3.63) is 53.6 Å². The summed E-state index contributed by atoms with van der Waals surface area (Å²) in [6, 6.07) is 13.3. The molecule has 0 aliphatic carbocycles. The van der Waals surface area contributed by atoms with Crippen LogP contribution in [-0.2, 0) is 10.2 Å². The van der Waals surface area contributed by atoms with Gasteiger partial charge in [0.1, 0.15) is 11.5 Å². The Hall–Kier alpha value is -2.49. The van der Waals surface area contributed by atoms with Crippen LogP contribution in [0, 0.1) is 6.92 Å². The molecule has 0 saturated carbocycles. The van der Waals surface area contributed by atoms with Crippen LogP contribution in [0.25, 0.3) is 0 Å². The Morgan fingerprint density at radius 2 is 1.79 bits per heavy atom. The molecule has 2 rings (SSSR count). The van der Waals surface area contributed by atoms with E-state index >= 15 is 0 Å². The van der Waals surface area contributed by atoms with Crippen molar-refractivity contribution < 1.29 is 14.3 Å². The number of carbonyl (C=O) groups is 1. The number of para-hydroxylation sites is 2. The van der Waals surface area contributed by atoms with Gasteiger partial charge in [-0.25, -0.2) is 0 Å². The van der Waals surface area contributed by atoms with E-state index < -0.39 is 0 Å². The summed E-state index contributed by atoms with van der Waals surface area (Å²) in [5.41, 5.74) is 2.84. The third-order valence-corrected chi connectivity index (χ3v) is 3.68. The lowest BCUT2D eigenvalue weighted by Crippen LogP contribution is -2.22. The number of hydrogen-bond acceptors (Lipinski definition) is 3. The summed E-state index contributed by atoms with van der Waals surface area (Å²) in [5.74, 6) is 1.14. The number of anilines is 1. The van der Waals surface area contributed by atoms with Crippen LogP contribution in [0.1, 0.15) is 31.9 Å². The van der Waals surface area contributed by atoms with Crippen molar-refractivity contribution >= 4 is 11.6 Å². The van der Waals surface area contributed by atoms with Crippen molar-refractivity contribution in [2.24, 2.45) is 0 Å². The van der Waals surface area contributed by atoms with E-state index in [4.69, 9.17) is 9.47 Å². The minimum absolute atomic E-state index is 0.0514. The molecule has 128 valence electrons. The fraction of sp³-hybridized carbons (Fsp3) is 0.350. The van der Waals surface area contributed by atoms with Gasteiger partial charge in [0.2, 0.25) is 0 Å². The molecule has 1 amide bonds. The second kappa shape index (κ2) is 7.39. The Kier molecular flexibility index (Phi) is 5.50. The second-order valence-electron chi connectivity index (χ2n) is 6.79. The number of rotatable bonds is 5. The smallest absolute Gasteiger partial charge is 0.262 e. The molecule has 0 atom stereocenters. The normalized spacial score (nSPS) is 11.0. The molecule has 0 bridgehead atoms. The summed E-state index contributed by atoms with van der Waals surface area (Å²) >= 11 is 0. The highest BCUT2D eigenvalue weighted by atomic mass is 16.5. The van der Waals surface area contributed by atoms with Gasteiger partial charge in [-0.15, -0.1) is 0 Å². The molecule has 0 heterocycles. The Bertz CT molecular complexity index is 717. The zero-order valence-corrected chi connectivity index (χ0v) is 15.0. The number of nitrogens with one attached hydrogen (secondary N) is 1. The molecule has 24 heavy (non-hydrogen) atoms. The van der Waals surface area contributed by atoms with Crippen LogP contribution in [0.15, 0.2) is 42.5 Å². The summed E-state index contributed by atoms with van der Waals surface area (Å²) < 4.78 is 11.0. The number of ether oxygens (including phenoxy) is 2. The van der Waals surface area contributed by atoms with E-state index in [-0.39, 0.29) is 17.9 Å². The van der Waals surface area contributed by atoms with Gasteiger partial charge < -0.3 is 14.8 Å². The molecule has 2 aromatic rings. The van der Waals surface area contributed by atoms with Gasteiger partial charge in [0, 0.05) is 0 Å². The molecule has 4 heteroatoms. The molecule has 0 aliphatic heterocycles. The minimum Gasteiger partial charge on any atom is -0.495 e. The third kappa shape index (κ3) is 4.51. The predicted molar refractivity (Wildman–Crippen MR) is 97.0 cm³/mol. The zero-order valence-electron chi connectivity index (χ0n) is 15.0. The van der Waals surface area contributed by atoms with Gasteiger partial charge in [0.25, 0.3) is 5.91 Å². The van der Waals surface area contributed by atoms with E-state index in [9.17, 15) is 4.79 Å². The number of aryl methyl sites for hydroxylation is 1. The van der Waals surface area contributed by atoms with Gasteiger partial charge in [0.05, 0.1) is 12.8 Å². The summed E-state index contributed by atoms with van der Waals surface area (Å²) in [6.45, 7) is 8.38. The van der Waals surface area contributed by atoms with Crippen molar-refractivity contribution in [2.45, 2.75) is 33.1 Å².